The average molecular weight is 283 g/mol. The van der Waals surface area contributed by atoms with E-state index in [9.17, 15) is 0 Å². The lowest BCUT2D eigenvalue weighted by molar-refractivity contribution is 0.111. The molecule has 0 aromatic rings. The van der Waals surface area contributed by atoms with E-state index in [1.807, 2.05) is 0 Å². The second kappa shape index (κ2) is 8.38. The summed E-state index contributed by atoms with van der Waals surface area (Å²) in [6.07, 6.45) is 8.42. The first-order valence-electron chi connectivity index (χ1n) is 8.80. The maximum Gasteiger partial charge on any atom is 0.0223 e. The van der Waals surface area contributed by atoms with E-state index in [4.69, 9.17) is 0 Å². The largest absolute Gasteiger partial charge is 0.312 e. The van der Waals surface area contributed by atoms with Gasteiger partial charge in [-0.05, 0) is 51.1 Å². The molecule has 0 bridgehead atoms. The molecule has 2 atom stereocenters. The molecule has 1 rings (SSSR count). The van der Waals surface area contributed by atoms with Crippen LogP contribution in [0.3, 0.4) is 0 Å². The maximum absolute atomic E-state index is 3.83. The van der Waals surface area contributed by atoms with Crippen LogP contribution in [-0.2, 0) is 0 Å². The van der Waals surface area contributed by atoms with Crippen LogP contribution >= 0.6 is 0 Å². The van der Waals surface area contributed by atoms with Gasteiger partial charge in [-0.2, -0.15) is 0 Å². The van der Waals surface area contributed by atoms with Crippen molar-refractivity contribution in [3.63, 3.8) is 0 Å². The number of nitrogens with zero attached hydrogens (tertiary/aromatic N) is 1. The molecule has 0 aromatic heterocycles. The van der Waals surface area contributed by atoms with Crippen LogP contribution in [0.5, 0.6) is 0 Å². The highest BCUT2D eigenvalue weighted by atomic mass is 15.2. The van der Waals surface area contributed by atoms with Crippen molar-refractivity contribution in [3.8, 4) is 0 Å². The first-order chi connectivity index (χ1) is 9.36. The summed E-state index contributed by atoms with van der Waals surface area (Å²) >= 11 is 0. The molecule has 2 heteroatoms. The third-order valence-corrected chi connectivity index (χ3v) is 5.27. The summed E-state index contributed by atoms with van der Waals surface area (Å²) in [6, 6.07) is 1.31. The third-order valence-electron chi connectivity index (χ3n) is 5.27. The van der Waals surface area contributed by atoms with E-state index in [1.54, 1.807) is 0 Å². The summed E-state index contributed by atoms with van der Waals surface area (Å²) in [6.45, 7) is 14.1. The van der Waals surface area contributed by atoms with E-state index in [1.165, 1.54) is 51.6 Å². The summed E-state index contributed by atoms with van der Waals surface area (Å²) < 4.78 is 0. The van der Waals surface area contributed by atoms with Crippen molar-refractivity contribution in [2.75, 3.05) is 20.1 Å². The van der Waals surface area contributed by atoms with E-state index >= 15 is 0 Å². The van der Waals surface area contributed by atoms with Crippen LogP contribution < -0.4 is 5.32 Å². The Bertz CT molecular complexity index is 251. The van der Waals surface area contributed by atoms with Crippen LogP contribution in [0.4, 0.5) is 0 Å². The van der Waals surface area contributed by atoms with Gasteiger partial charge in [-0.3, -0.25) is 0 Å². The zero-order chi connectivity index (χ0) is 15.2. The molecule has 1 aliphatic carbocycles. The number of hydrogen-bond acceptors (Lipinski definition) is 2. The third kappa shape index (κ3) is 5.73. The molecule has 20 heavy (non-hydrogen) atoms. The van der Waals surface area contributed by atoms with Gasteiger partial charge < -0.3 is 10.2 Å². The minimum absolute atomic E-state index is 0.358. The normalized spacial score (nSPS) is 21.1. The highest BCUT2D eigenvalue weighted by Gasteiger charge is 2.29. The molecule has 2 nitrogen and oxygen atoms in total. The summed E-state index contributed by atoms with van der Waals surface area (Å²) in [5, 5.41) is 3.83. The Hall–Kier alpha value is -0.0800. The predicted molar refractivity (Wildman–Crippen MR) is 90.2 cm³/mol. The summed E-state index contributed by atoms with van der Waals surface area (Å²) in [7, 11) is 2.30. The molecule has 2 unspecified atom stereocenters. The first kappa shape index (κ1) is 18.0. The van der Waals surface area contributed by atoms with E-state index in [0.29, 0.717) is 17.5 Å². The highest BCUT2D eigenvalue weighted by molar-refractivity contribution is 4.85. The van der Waals surface area contributed by atoms with Crippen molar-refractivity contribution in [2.24, 2.45) is 11.3 Å². The van der Waals surface area contributed by atoms with Crippen LogP contribution in [-0.4, -0.2) is 37.1 Å². The monoisotopic (exact) mass is 282 g/mol. The molecule has 0 radical (unpaired) electrons. The van der Waals surface area contributed by atoms with Crippen molar-refractivity contribution in [1.29, 1.82) is 0 Å². The van der Waals surface area contributed by atoms with Gasteiger partial charge in [0, 0.05) is 18.6 Å². The zero-order valence-electron chi connectivity index (χ0n) is 14.8. The van der Waals surface area contributed by atoms with Gasteiger partial charge in [-0.15, -0.1) is 0 Å². The number of hydrogen-bond donors (Lipinski definition) is 1. The Morgan fingerprint density at radius 2 is 1.75 bits per heavy atom. The van der Waals surface area contributed by atoms with Crippen molar-refractivity contribution in [3.05, 3.63) is 0 Å². The lowest BCUT2D eigenvalue weighted by Crippen LogP contribution is -2.50. The predicted octanol–water partition coefficient (Wildman–Crippen LogP) is 4.30. The summed E-state index contributed by atoms with van der Waals surface area (Å²) in [5.41, 5.74) is 0.358. The number of likely N-dealkylation sites (N-methyl/N-ethyl adjacent to an activating group) is 1. The van der Waals surface area contributed by atoms with Crippen molar-refractivity contribution in [1.82, 2.24) is 10.2 Å². The summed E-state index contributed by atoms with van der Waals surface area (Å²) in [5.74, 6) is 0.893. The maximum atomic E-state index is 3.83. The van der Waals surface area contributed by atoms with Crippen LogP contribution in [0, 0.1) is 11.3 Å². The fourth-order valence-electron chi connectivity index (χ4n) is 3.38. The van der Waals surface area contributed by atoms with Crippen molar-refractivity contribution >= 4 is 0 Å². The van der Waals surface area contributed by atoms with Gasteiger partial charge in [-0.25, -0.2) is 0 Å². The fourth-order valence-corrected chi connectivity index (χ4v) is 3.38. The minimum Gasteiger partial charge on any atom is -0.312 e. The number of nitrogens with one attached hydrogen (secondary N) is 1. The molecular formula is C18H38N2. The Balaban J connectivity index is 2.58. The lowest BCUT2D eigenvalue weighted by Gasteiger charge is -2.40. The molecule has 120 valence electrons. The van der Waals surface area contributed by atoms with Crippen molar-refractivity contribution in [2.45, 2.75) is 85.2 Å². The minimum atomic E-state index is 0.358. The number of rotatable bonds is 7. The average Bonchev–Trinajstić information content (AvgIpc) is 2.42. The van der Waals surface area contributed by atoms with Crippen molar-refractivity contribution < 1.29 is 0 Å². The van der Waals surface area contributed by atoms with Gasteiger partial charge in [0.2, 0.25) is 0 Å². The van der Waals surface area contributed by atoms with E-state index < -0.39 is 0 Å². The van der Waals surface area contributed by atoms with E-state index in [0.717, 1.165) is 5.92 Å². The molecule has 0 aromatic carbocycles. The topological polar surface area (TPSA) is 15.3 Å². The molecule has 1 fully saturated rings. The molecule has 1 N–H and O–H groups in total. The molecule has 1 saturated carbocycles. The Morgan fingerprint density at radius 1 is 1.15 bits per heavy atom. The van der Waals surface area contributed by atoms with Crippen LogP contribution in [0.25, 0.3) is 0 Å². The highest BCUT2D eigenvalue weighted by Crippen LogP contribution is 2.28. The lowest BCUT2D eigenvalue weighted by atomic mass is 9.82. The summed E-state index contributed by atoms with van der Waals surface area (Å²) in [4.78, 5) is 2.57. The van der Waals surface area contributed by atoms with Gasteiger partial charge in [0.05, 0.1) is 0 Å². The van der Waals surface area contributed by atoms with E-state index in [2.05, 4.69) is 51.9 Å². The smallest absolute Gasteiger partial charge is 0.0223 e. The zero-order valence-corrected chi connectivity index (χ0v) is 14.8. The second-order valence-corrected chi connectivity index (χ2v) is 7.94. The molecule has 0 aliphatic heterocycles. The van der Waals surface area contributed by atoms with Crippen LogP contribution in [0.1, 0.15) is 73.1 Å². The molecule has 0 saturated heterocycles. The Kier molecular flexibility index (Phi) is 7.53. The van der Waals surface area contributed by atoms with Gasteiger partial charge in [0.15, 0.2) is 0 Å². The fraction of sp³-hybridized carbons (Fsp3) is 1.00. The van der Waals surface area contributed by atoms with Gasteiger partial charge >= 0.3 is 0 Å². The van der Waals surface area contributed by atoms with E-state index in [-0.39, 0.29) is 0 Å². The standard InChI is InChI=1S/C18H38N2/c1-7-13-19-17(16-11-9-8-10-12-16)14-20(6)15(2)18(3,4)5/h15-17,19H,7-14H2,1-6H3. The Morgan fingerprint density at radius 3 is 2.25 bits per heavy atom. The van der Waals surface area contributed by atoms with Crippen LogP contribution in [0.15, 0.2) is 0 Å². The quantitative estimate of drug-likeness (QED) is 0.749. The SMILES string of the molecule is CCCNC(CN(C)C(C)C(C)(C)C)C1CCCCC1. The van der Waals surface area contributed by atoms with Gasteiger partial charge in [0.1, 0.15) is 0 Å². The molecule has 0 spiro atoms. The first-order valence-corrected chi connectivity index (χ1v) is 8.80. The van der Waals surface area contributed by atoms with Gasteiger partial charge in [0.25, 0.3) is 0 Å². The second-order valence-electron chi connectivity index (χ2n) is 7.94. The molecule has 0 heterocycles. The molecule has 1 aliphatic rings. The molecule has 0 amide bonds. The van der Waals surface area contributed by atoms with Gasteiger partial charge in [-0.1, -0.05) is 47.0 Å². The van der Waals surface area contributed by atoms with Crippen LogP contribution in [0.2, 0.25) is 0 Å². The molecular weight excluding hydrogens is 244 g/mol. The Labute approximate surface area is 127 Å².